The lowest BCUT2D eigenvalue weighted by atomic mass is 9.88. The quantitative estimate of drug-likeness (QED) is 0.868. The third-order valence-corrected chi connectivity index (χ3v) is 3.62. The number of carboxylic acid groups (broad SMARTS) is 1. The number of hydrogen-bond donors (Lipinski definition) is 2. The molecule has 1 aromatic heterocycles. The van der Waals surface area contributed by atoms with Gasteiger partial charge in [-0.3, -0.25) is 4.79 Å². The lowest BCUT2D eigenvalue weighted by molar-refractivity contribution is -0.139. The fourth-order valence-electron chi connectivity index (χ4n) is 2.48. The molecule has 96 valence electrons. The normalized spacial score (nSPS) is 13.2. The molecule has 3 heteroatoms. The fraction of sp³-hybridized carbons (Fsp3) is 0.400. The molecule has 0 saturated heterocycles. The van der Waals surface area contributed by atoms with Gasteiger partial charge in [0.25, 0.3) is 0 Å². The summed E-state index contributed by atoms with van der Waals surface area (Å²) in [5.74, 6) is -1.11. The highest BCUT2D eigenvalue weighted by molar-refractivity contribution is 5.87. The van der Waals surface area contributed by atoms with Gasteiger partial charge in [0, 0.05) is 16.6 Å². The van der Waals surface area contributed by atoms with E-state index in [2.05, 4.69) is 11.9 Å². The number of aromatic amines is 1. The second-order valence-electron chi connectivity index (χ2n) is 5.24. The second-order valence-corrected chi connectivity index (χ2v) is 5.24. The first-order valence-corrected chi connectivity index (χ1v) is 6.23. The molecule has 18 heavy (non-hydrogen) atoms. The second kappa shape index (κ2) is 4.48. The maximum atomic E-state index is 11.4. The van der Waals surface area contributed by atoms with Gasteiger partial charge in [-0.1, -0.05) is 19.9 Å². The summed E-state index contributed by atoms with van der Waals surface area (Å²) >= 11 is 0. The van der Waals surface area contributed by atoms with Crippen LogP contribution in [-0.2, 0) is 4.79 Å². The van der Waals surface area contributed by atoms with Crippen molar-refractivity contribution < 1.29 is 9.90 Å². The standard InChI is InChI=1S/C15H19NO2/c1-8(2)14(15(17)18)11-5-6-13-12(7-11)9(3)10(4)16-13/h5-8,14,16H,1-4H3,(H,17,18). The van der Waals surface area contributed by atoms with E-state index in [1.54, 1.807) is 0 Å². The highest BCUT2D eigenvalue weighted by Gasteiger charge is 2.24. The van der Waals surface area contributed by atoms with Crippen LogP contribution in [0.25, 0.3) is 10.9 Å². The van der Waals surface area contributed by atoms with Gasteiger partial charge >= 0.3 is 5.97 Å². The van der Waals surface area contributed by atoms with Gasteiger partial charge in [0.2, 0.25) is 0 Å². The molecule has 0 bridgehead atoms. The van der Waals surface area contributed by atoms with Gasteiger partial charge in [-0.2, -0.15) is 0 Å². The summed E-state index contributed by atoms with van der Waals surface area (Å²) in [7, 11) is 0. The molecular weight excluding hydrogens is 226 g/mol. The van der Waals surface area contributed by atoms with Crippen LogP contribution >= 0.6 is 0 Å². The van der Waals surface area contributed by atoms with Crippen molar-refractivity contribution in [1.82, 2.24) is 4.98 Å². The molecule has 0 aliphatic carbocycles. The minimum Gasteiger partial charge on any atom is -0.481 e. The number of nitrogens with one attached hydrogen (secondary N) is 1. The van der Waals surface area contributed by atoms with E-state index < -0.39 is 11.9 Å². The molecule has 1 heterocycles. The highest BCUT2D eigenvalue weighted by Crippen LogP contribution is 2.29. The van der Waals surface area contributed by atoms with Crippen LogP contribution in [0, 0.1) is 19.8 Å². The minimum atomic E-state index is -0.755. The zero-order valence-corrected chi connectivity index (χ0v) is 11.2. The Morgan fingerprint density at radius 1 is 1.28 bits per heavy atom. The Labute approximate surface area is 107 Å². The molecular formula is C15H19NO2. The van der Waals surface area contributed by atoms with Crippen LogP contribution in [-0.4, -0.2) is 16.1 Å². The van der Waals surface area contributed by atoms with Crippen LogP contribution in [0.4, 0.5) is 0 Å². The summed E-state index contributed by atoms with van der Waals surface area (Å²) < 4.78 is 0. The topological polar surface area (TPSA) is 53.1 Å². The van der Waals surface area contributed by atoms with Crippen LogP contribution < -0.4 is 0 Å². The Morgan fingerprint density at radius 3 is 2.50 bits per heavy atom. The zero-order chi connectivity index (χ0) is 13.4. The van der Waals surface area contributed by atoms with Crippen molar-refractivity contribution >= 4 is 16.9 Å². The van der Waals surface area contributed by atoms with Crippen molar-refractivity contribution in [2.75, 3.05) is 0 Å². The summed E-state index contributed by atoms with van der Waals surface area (Å²) in [6.07, 6.45) is 0. The molecule has 1 atom stereocenters. The monoisotopic (exact) mass is 245 g/mol. The highest BCUT2D eigenvalue weighted by atomic mass is 16.4. The first kappa shape index (κ1) is 12.7. The summed E-state index contributed by atoms with van der Waals surface area (Å²) in [6.45, 7) is 7.98. The van der Waals surface area contributed by atoms with Crippen molar-refractivity contribution in [2.45, 2.75) is 33.6 Å². The van der Waals surface area contributed by atoms with Crippen LogP contribution in [0.2, 0.25) is 0 Å². The molecule has 3 nitrogen and oxygen atoms in total. The molecule has 2 aromatic rings. The van der Waals surface area contributed by atoms with E-state index in [0.29, 0.717) is 0 Å². The fourth-order valence-corrected chi connectivity index (χ4v) is 2.48. The van der Waals surface area contributed by atoms with Gasteiger partial charge < -0.3 is 10.1 Å². The number of hydrogen-bond acceptors (Lipinski definition) is 1. The van der Waals surface area contributed by atoms with E-state index in [-0.39, 0.29) is 5.92 Å². The lowest BCUT2D eigenvalue weighted by Crippen LogP contribution is -2.17. The lowest BCUT2D eigenvalue weighted by Gasteiger charge is -2.16. The van der Waals surface area contributed by atoms with Gasteiger partial charge in [0.15, 0.2) is 0 Å². The van der Waals surface area contributed by atoms with Crippen molar-refractivity contribution in [3.8, 4) is 0 Å². The number of aromatic nitrogens is 1. The maximum absolute atomic E-state index is 11.4. The van der Waals surface area contributed by atoms with Crippen LogP contribution in [0.3, 0.4) is 0 Å². The SMILES string of the molecule is Cc1[nH]c2ccc(C(C(=O)O)C(C)C)cc2c1C. The molecule has 0 saturated carbocycles. The number of rotatable bonds is 3. The molecule has 0 aliphatic heterocycles. The largest absolute Gasteiger partial charge is 0.481 e. The van der Waals surface area contributed by atoms with E-state index in [4.69, 9.17) is 0 Å². The van der Waals surface area contributed by atoms with Gasteiger partial charge in [0.05, 0.1) is 5.92 Å². The van der Waals surface area contributed by atoms with E-state index in [1.807, 2.05) is 39.0 Å². The van der Waals surface area contributed by atoms with Crippen LogP contribution in [0.15, 0.2) is 18.2 Å². The Balaban J connectivity index is 2.58. The van der Waals surface area contributed by atoms with E-state index in [1.165, 1.54) is 5.56 Å². The summed E-state index contributed by atoms with van der Waals surface area (Å²) in [5.41, 5.74) is 4.28. The van der Waals surface area contributed by atoms with Crippen molar-refractivity contribution in [2.24, 2.45) is 5.92 Å². The third-order valence-electron chi connectivity index (χ3n) is 3.62. The first-order chi connectivity index (χ1) is 8.41. The number of carboxylic acids is 1. The van der Waals surface area contributed by atoms with Crippen LogP contribution in [0.5, 0.6) is 0 Å². The van der Waals surface area contributed by atoms with Gasteiger partial charge in [-0.05, 0) is 43.0 Å². The molecule has 0 aliphatic rings. The minimum absolute atomic E-state index is 0.0836. The molecule has 2 N–H and O–H groups in total. The Kier molecular flexibility index (Phi) is 3.16. The predicted octanol–water partition coefficient (Wildman–Crippen LogP) is 3.61. The zero-order valence-electron chi connectivity index (χ0n) is 11.2. The molecule has 1 unspecified atom stereocenters. The van der Waals surface area contributed by atoms with Crippen molar-refractivity contribution in [3.63, 3.8) is 0 Å². The van der Waals surface area contributed by atoms with Gasteiger partial charge in [-0.15, -0.1) is 0 Å². The molecule has 0 fully saturated rings. The smallest absolute Gasteiger partial charge is 0.311 e. The van der Waals surface area contributed by atoms with Crippen molar-refractivity contribution in [3.05, 3.63) is 35.0 Å². The van der Waals surface area contributed by atoms with Crippen LogP contribution in [0.1, 0.15) is 36.6 Å². The third kappa shape index (κ3) is 2.01. The number of carbonyl (C=O) groups is 1. The summed E-state index contributed by atoms with van der Waals surface area (Å²) in [6, 6.07) is 5.90. The summed E-state index contributed by atoms with van der Waals surface area (Å²) in [4.78, 5) is 14.7. The van der Waals surface area contributed by atoms with E-state index >= 15 is 0 Å². The average Bonchev–Trinajstić information content (AvgIpc) is 2.55. The maximum Gasteiger partial charge on any atom is 0.311 e. The van der Waals surface area contributed by atoms with E-state index in [9.17, 15) is 9.90 Å². The molecule has 0 radical (unpaired) electrons. The van der Waals surface area contributed by atoms with Gasteiger partial charge in [0.1, 0.15) is 0 Å². The number of aryl methyl sites for hydroxylation is 2. The average molecular weight is 245 g/mol. The predicted molar refractivity (Wildman–Crippen MR) is 73.0 cm³/mol. The number of benzene rings is 1. The number of aliphatic carboxylic acids is 1. The summed E-state index contributed by atoms with van der Waals surface area (Å²) in [5, 5.41) is 10.5. The molecule has 0 amide bonds. The van der Waals surface area contributed by atoms with Crippen molar-refractivity contribution in [1.29, 1.82) is 0 Å². The molecule has 1 aromatic carbocycles. The molecule has 0 spiro atoms. The molecule has 2 rings (SSSR count). The number of H-pyrrole nitrogens is 1. The van der Waals surface area contributed by atoms with E-state index in [0.717, 1.165) is 22.2 Å². The Hall–Kier alpha value is -1.77. The first-order valence-electron chi connectivity index (χ1n) is 6.23. The number of fused-ring (bicyclic) bond motifs is 1. The Morgan fingerprint density at radius 2 is 1.94 bits per heavy atom. The Bertz CT molecular complexity index is 596. The van der Waals surface area contributed by atoms with Gasteiger partial charge in [-0.25, -0.2) is 0 Å².